The minimum atomic E-state index is -0.530. The quantitative estimate of drug-likeness (QED) is 0.858. The second-order valence-corrected chi connectivity index (χ2v) is 5.17. The molecule has 0 aliphatic carbocycles. The molecule has 0 spiro atoms. The molecular formula is C13H16ClNO3. The predicted octanol–water partition coefficient (Wildman–Crippen LogP) is 3.09. The second-order valence-electron chi connectivity index (χ2n) is 4.83. The summed E-state index contributed by atoms with van der Waals surface area (Å²) in [7, 11) is 0. The number of alkyl carbamates (subject to hydrolysis) is 1. The molecule has 18 heavy (non-hydrogen) atoms. The van der Waals surface area contributed by atoms with Crippen LogP contribution in [0.1, 0.15) is 36.7 Å². The summed E-state index contributed by atoms with van der Waals surface area (Å²) in [6, 6.07) is 6.75. The molecule has 0 unspecified atom stereocenters. The molecule has 0 saturated carbocycles. The van der Waals surface area contributed by atoms with Crippen molar-refractivity contribution in [2.75, 3.05) is 0 Å². The lowest BCUT2D eigenvalue weighted by Crippen LogP contribution is -2.32. The molecule has 1 rings (SSSR count). The SMILES string of the molecule is CC(C)(C)OC(=O)NCc1cccc(C(=O)Cl)c1. The maximum atomic E-state index is 11.4. The topological polar surface area (TPSA) is 55.4 Å². The van der Waals surface area contributed by atoms with Gasteiger partial charge in [-0.2, -0.15) is 0 Å². The van der Waals surface area contributed by atoms with E-state index in [-0.39, 0.29) is 6.54 Å². The lowest BCUT2D eigenvalue weighted by atomic mass is 10.1. The Kier molecular flexibility index (Phi) is 4.73. The number of carbonyl (C=O) groups is 2. The van der Waals surface area contributed by atoms with Gasteiger partial charge in [0.05, 0.1) is 0 Å². The molecule has 0 heterocycles. The van der Waals surface area contributed by atoms with Gasteiger partial charge in [0.15, 0.2) is 0 Å². The monoisotopic (exact) mass is 269 g/mol. The Labute approximate surface area is 111 Å². The fourth-order valence-corrected chi connectivity index (χ4v) is 1.41. The number of hydrogen-bond acceptors (Lipinski definition) is 3. The summed E-state index contributed by atoms with van der Waals surface area (Å²) in [5.41, 5.74) is 0.658. The molecule has 5 heteroatoms. The number of halogens is 1. The van der Waals surface area contributed by atoms with E-state index >= 15 is 0 Å². The van der Waals surface area contributed by atoms with Crippen LogP contribution in [0.15, 0.2) is 24.3 Å². The van der Waals surface area contributed by atoms with Crippen molar-refractivity contribution in [2.24, 2.45) is 0 Å². The molecule has 0 bridgehead atoms. The van der Waals surface area contributed by atoms with E-state index < -0.39 is 16.9 Å². The molecule has 0 aliphatic heterocycles. The molecule has 0 fully saturated rings. The fraction of sp³-hybridized carbons (Fsp3) is 0.385. The van der Waals surface area contributed by atoms with Gasteiger partial charge in [0.2, 0.25) is 0 Å². The minimum absolute atomic E-state index is 0.285. The third-order valence-corrected chi connectivity index (χ3v) is 2.21. The number of rotatable bonds is 3. The molecule has 1 aromatic rings. The molecule has 1 N–H and O–H groups in total. The van der Waals surface area contributed by atoms with Crippen molar-refractivity contribution in [2.45, 2.75) is 32.9 Å². The van der Waals surface area contributed by atoms with E-state index in [1.807, 2.05) is 0 Å². The number of nitrogens with one attached hydrogen (secondary N) is 1. The largest absolute Gasteiger partial charge is 0.444 e. The van der Waals surface area contributed by atoms with Gasteiger partial charge in [0, 0.05) is 12.1 Å². The van der Waals surface area contributed by atoms with Crippen LogP contribution in [-0.2, 0) is 11.3 Å². The molecule has 1 amide bonds. The summed E-state index contributed by atoms with van der Waals surface area (Å²) < 4.78 is 5.09. The van der Waals surface area contributed by atoms with Crippen LogP contribution in [0.2, 0.25) is 0 Å². The van der Waals surface area contributed by atoms with E-state index in [0.717, 1.165) is 5.56 Å². The highest BCUT2D eigenvalue weighted by atomic mass is 35.5. The highest BCUT2D eigenvalue weighted by Gasteiger charge is 2.15. The summed E-state index contributed by atoms with van der Waals surface area (Å²) in [6.07, 6.45) is -0.495. The summed E-state index contributed by atoms with van der Waals surface area (Å²) >= 11 is 5.37. The first-order valence-corrected chi connectivity index (χ1v) is 5.91. The average Bonchev–Trinajstić information content (AvgIpc) is 2.24. The first kappa shape index (κ1) is 14.5. The van der Waals surface area contributed by atoms with Gasteiger partial charge < -0.3 is 10.1 Å². The minimum Gasteiger partial charge on any atom is -0.444 e. The van der Waals surface area contributed by atoms with Crippen molar-refractivity contribution in [3.05, 3.63) is 35.4 Å². The van der Waals surface area contributed by atoms with E-state index in [9.17, 15) is 9.59 Å². The highest BCUT2D eigenvalue weighted by molar-refractivity contribution is 6.67. The van der Waals surface area contributed by atoms with E-state index in [2.05, 4.69) is 5.32 Å². The normalized spacial score (nSPS) is 10.9. The molecule has 0 saturated heterocycles. The van der Waals surface area contributed by atoms with Crippen LogP contribution in [0, 0.1) is 0 Å². The van der Waals surface area contributed by atoms with Crippen molar-refractivity contribution in [3.63, 3.8) is 0 Å². The van der Waals surface area contributed by atoms with Gasteiger partial charge in [-0.05, 0) is 44.0 Å². The highest BCUT2D eigenvalue weighted by Crippen LogP contribution is 2.09. The predicted molar refractivity (Wildman–Crippen MR) is 69.7 cm³/mol. The summed E-state index contributed by atoms with van der Waals surface area (Å²) in [6.45, 7) is 5.66. The lowest BCUT2D eigenvalue weighted by Gasteiger charge is -2.19. The van der Waals surface area contributed by atoms with Gasteiger partial charge in [0.1, 0.15) is 5.60 Å². The Hall–Kier alpha value is -1.55. The van der Waals surface area contributed by atoms with Gasteiger partial charge in [-0.15, -0.1) is 0 Å². The van der Waals surface area contributed by atoms with Crippen LogP contribution in [0.4, 0.5) is 4.79 Å². The third-order valence-electron chi connectivity index (χ3n) is 1.99. The molecule has 0 aromatic heterocycles. The van der Waals surface area contributed by atoms with Gasteiger partial charge in [-0.1, -0.05) is 18.2 Å². The summed E-state index contributed by atoms with van der Waals surface area (Å²) in [5, 5.41) is 2.09. The van der Waals surface area contributed by atoms with Crippen LogP contribution in [0.3, 0.4) is 0 Å². The first-order chi connectivity index (χ1) is 8.28. The van der Waals surface area contributed by atoms with Gasteiger partial charge in [0.25, 0.3) is 5.24 Å². The molecule has 98 valence electrons. The van der Waals surface area contributed by atoms with Crippen molar-refractivity contribution in [1.29, 1.82) is 0 Å². The molecule has 0 radical (unpaired) electrons. The van der Waals surface area contributed by atoms with Gasteiger partial charge >= 0.3 is 6.09 Å². The maximum Gasteiger partial charge on any atom is 0.407 e. The second kappa shape index (κ2) is 5.87. The number of ether oxygens (including phenoxy) is 1. The van der Waals surface area contributed by atoms with Crippen molar-refractivity contribution >= 4 is 22.9 Å². The van der Waals surface area contributed by atoms with Gasteiger partial charge in [-0.3, -0.25) is 4.79 Å². The van der Waals surface area contributed by atoms with Crippen LogP contribution in [0.25, 0.3) is 0 Å². The number of hydrogen-bond donors (Lipinski definition) is 1. The van der Waals surface area contributed by atoms with E-state index in [1.54, 1.807) is 45.0 Å². The third kappa shape index (κ3) is 5.19. The van der Waals surface area contributed by atoms with E-state index in [4.69, 9.17) is 16.3 Å². The Morgan fingerprint density at radius 3 is 2.56 bits per heavy atom. The van der Waals surface area contributed by atoms with Crippen LogP contribution in [-0.4, -0.2) is 16.9 Å². The number of amides is 1. The molecular weight excluding hydrogens is 254 g/mol. The summed E-state index contributed by atoms with van der Waals surface area (Å²) in [4.78, 5) is 22.4. The smallest absolute Gasteiger partial charge is 0.407 e. The zero-order valence-corrected chi connectivity index (χ0v) is 11.4. The van der Waals surface area contributed by atoms with Gasteiger partial charge in [-0.25, -0.2) is 4.79 Å². The van der Waals surface area contributed by atoms with Crippen LogP contribution in [0.5, 0.6) is 0 Å². The Morgan fingerprint density at radius 2 is 2.00 bits per heavy atom. The zero-order chi connectivity index (χ0) is 13.8. The van der Waals surface area contributed by atoms with Crippen molar-refractivity contribution in [3.8, 4) is 0 Å². The molecule has 1 aromatic carbocycles. The maximum absolute atomic E-state index is 11.4. The van der Waals surface area contributed by atoms with Crippen LogP contribution >= 0.6 is 11.6 Å². The van der Waals surface area contributed by atoms with E-state index in [1.165, 1.54) is 0 Å². The Morgan fingerprint density at radius 1 is 1.33 bits per heavy atom. The fourth-order valence-electron chi connectivity index (χ4n) is 1.29. The molecule has 4 nitrogen and oxygen atoms in total. The average molecular weight is 270 g/mol. The van der Waals surface area contributed by atoms with E-state index in [0.29, 0.717) is 5.56 Å². The zero-order valence-electron chi connectivity index (χ0n) is 10.6. The lowest BCUT2D eigenvalue weighted by molar-refractivity contribution is 0.0523. The van der Waals surface area contributed by atoms with Crippen molar-refractivity contribution in [1.82, 2.24) is 5.32 Å². The number of carbonyl (C=O) groups excluding carboxylic acids is 2. The Balaban J connectivity index is 2.56. The van der Waals surface area contributed by atoms with Crippen LogP contribution < -0.4 is 5.32 Å². The standard InChI is InChI=1S/C13H16ClNO3/c1-13(2,3)18-12(17)15-8-9-5-4-6-10(7-9)11(14)16/h4-7H,8H2,1-3H3,(H,15,17). The first-order valence-electron chi connectivity index (χ1n) is 5.53. The van der Waals surface area contributed by atoms with Crippen molar-refractivity contribution < 1.29 is 14.3 Å². The number of benzene rings is 1. The summed E-state index contributed by atoms with van der Waals surface area (Å²) in [5.74, 6) is 0. The molecule has 0 aliphatic rings. The molecule has 0 atom stereocenters. The Bertz CT molecular complexity index is 452.